The van der Waals surface area contributed by atoms with Gasteiger partial charge in [0.1, 0.15) is 0 Å². The SMILES string of the molecule is C#CCC(C)NC(=O)C1CCCCN1. The number of carbonyl (C=O) groups excluding carboxylic acids is 1. The zero-order valence-corrected chi connectivity index (χ0v) is 8.68. The van der Waals surface area contributed by atoms with Gasteiger partial charge in [-0.15, -0.1) is 12.3 Å². The van der Waals surface area contributed by atoms with Crippen LogP contribution in [-0.4, -0.2) is 24.5 Å². The Kier molecular flexibility index (Phi) is 4.48. The number of piperidine rings is 1. The fourth-order valence-electron chi connectivity index (χ4n) is 1.65. The minimum atomic E-state index is -0.0102. The van der Waals surface area contributed by atoms with Crippen LogP contribution < -0.4 is 10.6 Å². The Hall–Kier alpha value is -1.01. The Morgan fingerprint density at radius 3 is 3.07 bits per heavy atom. The van der Waals surface area contributed by atoms with E-state index >= 15 is 0 Å². The molecule has 0 radical (unpaired) electrons. The van der Waals surface area contributed by atoms with Gasteiger partial charge in [0.05, 0.1) is 6.04 Å². The normalized spacial score (nSPS) is 23.6. The zero-order valence-electron chi connectivity index (χ0n) is 8.68. The van der Waals surface area contributed by atoms with Crippen LogP contribution in [0.3, 0.4) is 0 Å². The molecule has 78 valence electrons. The fourth-order valence-corrected chi connectivity index (χ4v) is 1.65. The van der Waals surface area contributed by atoms with E-state index in [9.17, 15) is 4.79 Å². The van der Waals surface area contributed by atoms with Gasteiger partial charge in [0.2, 0.25) is 5.91 Å². The molecule has 0 aromatic carbocycles. The number of carbonyl (C=O) groups is 1. The van der Waals surface area contributed by atoms with Gasteiger partial charge in [-0.25, -0.2) is 0 Å². The third-order valence-electron chi connectivity index (χ3n) is 2.44. The Morgan fingerprint density at radius 2 is 2.50 bits per heavy atom. The monoisotopic (exact) mass is 194 g/mol. The topological polar surface area (TPSA) is 41.1 Å². The summed E-state index contributed by atoms with van der Waals surface area (Å²) in [5.41, 5.74) is 0. The highest BCUT2D eigenvalue weighted by Gasteiger charge is 2.20. The summed E-state index contributed by atoms with van der Waals surface area (Å²) in [5.74, 6) is 2.63. The van der Waals surface area contributed by atoms with Crippen LogP contribution in [0, 0.1) is 12.3 Å². The maximum atomic E-state index is 11.6. The van der Waals surface area contributed by atoms with Gasteiger partial charge >= 0.3 is 0 Å². The summed E-state index contributed by atoms with van der Waals surface area (Å²) in [4.78, 5) is 11.6. The lowest BCUT2D eigenvalue weighted by Crippen LogP contribution is -2.48. The summed E-state index contributed by atoms with van der Waals surface area (Å²) in [6, 6.07) is 0.0696. The summed E-state index contributed by atoms with van der Waals surface area (Å²) >= 11 is 0. The largest absolute Gasteiger partial charge is 0.351 e. The molecule has 1 heterocycles. The number of rotatable bonds is 3. The molecule has 2 atom stereocenters. The molecule has 1 aliphatic rings. The molecule has 1 aliphatic heterocycles. The van der Waals surface area contributed by atoms with Crippen LogP contribution in [0.2, 0.25) is 0 Å². The van der Waals surface area contributed by atoms with E-state index in [-0.39, 0.29) is 18.0 Å². The van der Waals surface area contributed by atoms with E-state index in [4.69, 9.17) is 6.42 Å². The van der Waals surface area contributed by atoms with E-state index in [1.165, 1.54) is 6.42 Å². The Labute approximate surface area is 85.6 Å². The predicted molar refractivity (Wildman–Crippen MR) is 56.7 cm³/mol. The van der Waals surface area contributed by atoms with Crippen molar-refractivity contribution in [1.29, 1.82) is 0 Å². The first-order valence-corrected chi connectivity index (χ1v) is 5.21. The number of hydrogen-bond donors (Lipinski definition) is 2. The Balaban J connectivity index is 2.30. The molecule has 3 heteroatoms. The first-order valence-electron chi connectivity index (χ1n) is 5.21. The third-order valence-corrected chi connectivity index (χ3v) is 2.44. The Morgan fingerprint density at radius 1 is 1.71 bits per heavy atom. The molecule has 0 aromatic rings. The summed E-state index contributed by atoms with van der Waals surface area (Å²) in [7, 11) is 0. The molecule has 0 spiro atoms. The van der Waals surface area contributed by atoms with Crippen LogP contribution in [0.15, 0.2) is 0 Å². The third kappa shape index (κ3) is 3.39. The second-order valence-corrected chi connectivity index (χ2v) is 3.82. The average molecular weight is 194 g/mol. The van der Waals surface area contributed by atoms with Crippen molar-refractivity contribution in [3.05, 3.63) is 0 Å². The highest BCUT2D eigenvalue weighted by Crippen LogP contribution is 2.07. The summed E-state index contributed by atoms with van der Waals surface area (Å²) in [6.45, 7) is 2.88. The molecule has 0 bridgehead atoms. The first-order chi connectivity index (χ1) is 6.74. The van der Waals surface area contributed by atoms with Crippen LogP contribution >= 0.6 is 0 Å². The van der Waals surface area contributed by atoms with Gasteiger partial charge in [-0.3, -0.25) is 4.79 Å². The van der Waals surface area contributed by atoms with Crippen molar-refractivity contribution in [2.24, 2.45) is 0 Å². The number of hydrogen-bond acceptors (Lipinski definition) is 2. The second kappa shape index (κ2) is 5.66. The molecule has 14 heavy (non-hydrogen) atoms. The van der Waals surface area contributed by atoms with Crippen molar-refractivity contribution in [3.8, 4) is 12.3 Å². The lowest BCUT2D eigenvalue weighted by atomic mass is 10.0. The molecular weight excluding hydrogens is 176 g/mol. The van der Waals surface area contributed by atoms with E-state index in [1.807, 2.05) is 6.92 Å². The highest BCUT2D eigenvalue weighted by atomic mass is 16.2. The van der Waals surface area contributed by atoms with E-state index < -0.39 is 0 Å². The van der Waals surface area contributed by atoms with Crippen LogP contribution in [0.1, 0.15) is 32.6 Å². The summed E-state index contributed by atoms with van der Waals surface area (Å²) in [5, 5.41) is 6.11. The van der Waals surface area contributed by atoms with Gasteiger partial charge in [0, 0.05) is 12.5 Å². The van der Waals surface area contributed by atoms with Gasteiger partial charge in [0.15, 0.2) is 0 Å². The fraction of sp³-hybridized carbons (Fsp3) is 0.727. The molecule has 1 rings (SSSR count). The zero-order chi connectivity index (χ0) is 10.4. The molecule has 0 aliphatic carbocycles. The summed E-state index contributed by atoms with van der Waals surface area (Å²) in [6.07, 6.45) is 9.01. The van der Waals surface area contributed by atoms with Crippen molar-refractivity contribution in [2.75, 3.05) is 6.54 Å². The highest BCUT2D eigenvalue weighted by molar-refractivity contribution is 5.82. The van der Waals surface area contributed by atoms with E-state index in [1.54, 1.807) is 0 Å². The predicted octanol–water partition coefficient (Wildman–Crippen LogP) is 0.656. The number of terminal acetylenes is 1. The number of nitrogens with one attached hydrogen (secondary N) is 2. The van der Waals surface area contributed by atoms with Gasteiger partial charge in [-0.2, -0.15) is 0 Å². The van der Waals surface area contributed by atoms with Crippen molar-refractivity contribution in [1.82, 2.24) is 10.6 Å². The molecule has 0 aromatic heterocycles. The van der Waals surface area contributed by atoms with Crippen molar-refractivity contribution in [3.63, 3.8) is 0 Å². The van der Waals surface area contributed by atoms with Crippen LogP contribution in [0.4, 0.5) is 0 Å². The van der Waals surface area contributed by atoms with Crippen LogP contribution in [-0.2, 0) is 4.79 Å². The van der Waals surface area contributed by atoms with Gasteiger partial charge in [-0.1, -0.05) is 6.42 Å². The molecule has 2 unspecified atom stereocenters. The smallest absolute Gasteiger partial charge is 0.237 e. The maximum absolute atomic E-state index is 11.6. The van der Waals surface area contributed by atoms with Crippen LogP contribution in [0.5, 0.6) is 0 Å². The maximum Gasteiger partial charge on any atom is 0.237 e. The molecule has 3 nitrogen and oxygen atoms in total. The van der Waals surface area contributed by atoms with E-state index in [2.05, 4.69) is 16.6 Å². The molecule has 1 amide bonds. The molecular formula is C11H18N2O. The average Bonchev–Trinajstić information content (AvgIpc) is 2.19. The lowest BCUT2D eigenvalue weighted by molar-refractivity contribution is -0.124. The number of amides is 1. The minimum Gasteiger partial charge on any atom is -0.351 e. The summed E-state index contributed by atoms with van der Waals surface area (Å²) < 4.78 is 0. The van der Waals surface area contributed by atoms with Crippen molar-refractivity contribution in [2.45, 2.75) is 44.7 Å². The molecule has 1 fully saturated rings. The Bertz CT molecular complexity index is 226. The molecule has 1 saturated heterocycles. The molecule has 2 N–H and O–H groups in total. The van der Waals surface area contributed by atoms with Gasteiger partial charge < -0.3 is 10.6 Å². The van der Waals surface area contributed by atoms with Crippen molar-refractivity contribution >= 4 is 5.91 Å². The lowest BCUT2D eigenvalue weighted by Gasteiger charge is -2.24. The van der Waals surface area contributed by atoms with E-state index in [0.717, 1.165) is 19.4 Å². The standard InChI is InChI=1S/C11H18N2O/c1-3-6-9(2)13-11(14)10-7-4-5-8-12-10/h1,9-10,12H,4-8H2,2H3,(H,13,14). The second-order valence-electron chi connectivity index (χ2n) is 3.82. The first kappa shape index (κ1) is 11.1. The minimum absolute atomic E-state index is 0.0102. The van der Waals surface area contributed by atoms with Gasteiger partial charge in [-0.05, 0) is 26.3 Å². The molecule has 0 saturated carbocycles. The van der Waals surface area contributed by atoms with E-state index in [0.29, 0.717) is 6.42 Å². The van der Waals surface area contributed by atoms with Crippen molar-refractivity contribution < 1.29 is 4.79 Å². The van der Waals surface area contributed by atoms with Crippen LogP contribution in [0.25, 0.3) is 0 Å². The van der Waals surface area contributed by atoms with Gasteiger partial charge in [0.25, 0.3) is 0 Å². The quantitative estimate of drug-likeness (QED) is 0.648.